The molecule has 5 nitrogen and oxygen atoms in total. The summed E-state index contributed by atoms with van der Waals surface area (Å²) in [5.41, 5.74) is 7.43. The third-order valence-electron chi connectivity index (χ3n) is 3.99. The second-order valence-corrected chi connectivity index (χ2v) is 5.76. The third-order valence-corrected chi connectivity index (χ3v) is 3.99. The van der Waals surface area contributed by atoms with Crippen LogP contribution in [0.1, 0.15) is 37.4 Å². The first-order valence-corrected chi connectivity index (χ1v) is 7.11. The molecule has 1 atom stereocenters. The first-order chi connectivity index (χ1) is 9.11. The summed E-state index contributed by atoms with van der Waals surface area (Å²) < 4.78 is 7.41. The summed E-state index contributed by atoms with van der Waals surface area (Å²) in [5.74, 6) is 1.61. The molecule has 0 amide bonds. The van der Waals surface area contributed by atoms with Gasteiger partial charge in [-0.1, -0.05) is 19.3 Å². The van der Waals surface area contributed by atoms with Crippen LogP contribution in [-0.2, 0) is 6.54 Å². The monoisotopic (exact) mass is 266 g/mol. The van der Waals surface area contributed by atoms with E-state index in [0.717, 1.165) is 36.9 Å². The number of nitrogens with two attached hydrogens (primary N) is 1. The molecular weight excluding hydrogens is 240 g/mol. The van der Waals surface area contributed by atoms with E-state index in [-0.39, 0.29) is 6.04 Å². The first kappa shape index (κ1) is 14.3. The average molecular weight is 266 g/mol. The van der Waals surface area contributed by atoms with Crippen LogP contribution >= 0.6 is 0 Å². The molecule has 1 aliphatic rings. The molecule has 0 spiro atoms. The highest BCUT2D eigenvalue weighted by Crippen LogP contribution is 2.36. The number of aromatic nitrogens is 2. The van der Waals surface area contributed by atoms with Crippen LogP contribution < -0.4 is 10.5 Å². The van der Waals surface area contributed by atoms with E-state index in [4.69, 9.17) is 10.5 Å². The summed E-state index contributed by atoms with van der Waals surface area (Å²) in [6, 6.07) is 0.0323. The van der Waals surface area contributed by atoms with E-state index in [1.54, 1.807) is 13.3 Å². The topological polar surface area (TPSA) is 56.3 Å². The molecule has 108 valence electrons. The molecule has 1 saturated carbocycles. The lowest BCUT2D eigenvalue weighted by atomic mass is 9.80. The Kier molecular flexibility index (Phi) is 4.82. The highest BCUT2D eigenvalue weighted by Gasteiger charge is 2.25. The molecule has 5 heteroatoms. The fourth-order valence-electron chi connectivity index (χ4n) is 2.58. The number of ether oxygens (including phenoxy) is 1. The van der Waals surface area contributed by atoms with Crippen LogP contribution in [-0.4, -0.2) is 42.4 Å². The van der Waals surface area contributed by atoms with Gasteiger partial charge < -0.3 is 15.4 Å². The molecule has 0 radical (unpaired) electrons. The van der Waals surface area contributed by atoms with Gasteiger partial charge in [0.15, 0.2) is 5.75 Å². The highest BCUT2D eigenvalue weighted by molar-refractivity contribution is 5.28. The molecule has 0 aliphatic heterocycles. The number of hydrogen-bond acceptors (Lipinski definition) is 4. The molecular formula is C14H26N4O. The van der Waals surface area contributed by atoms with Gasteiger partial charge in [0.2, 0.25) is 0 Å². The van der Waals surface area contributed by atoms with Gasteiger partial charge in [0.05, 0.1) is 31.6 Å². The summed E-state index contributed by atoms with van der Waals surface area (Å²) in [4.78, 5) is 2.15. The number of likely N-dealkylation sites (N-methyl/N-ethyl adjacent to an activating group) is 1. The van der Waals surface area contributed by atoms with Crippen molar-refractivity contribution in [2.75, 3.05) is 27.7 Å². The Balaban J connectivity index is 2.07. The Hall–Kier alpha value is -1.07. The quantitative estimate of drug-likeness (QED) is 0.815. The number of methoxy groups -OCH3 is 1. The minimum absolute atomic E-state index is 0.0323. The van der Waals surface area contributed by atoms with Gasteiger partial charge in [0.25, 0.3) is 0 Å². The molecule has 0 saturated heterocycles. The standard InChI is InChI=1S/C14H26N4O/c1-17(2)7-8-18-14(13(19-3)10-16-18)12(15)9-11-5-4-6-11/h10-12H,4-9,15H2,1-3H3. The Morgan fingerprint density at radius 3 is 2.79 bits per heavy atom. The molecule has 1 unspecified atom stereocenters. The fraction of sp³-hybridized carbons (Fsp3) is 0.786. The summed E-state index contributed by atoms with van der Waals surface area (Å²) in [5, 5.41) is 4.42. The van der Waals surface area contributed by atoms with Gasteiger partial charge in [-0.05, 0) is 26.4 Å². The van der Waals surface area contributed by atoms with E-state index in [9.17, 15) is 0 Å². The summed E-state index contributed by atoms with van der Waals surface area (Å²) in [7, 11) is 5.82. The Labute approximate surface area is 115 Å². The first-order valence-electron chi connectivity index (χ1n) is 7.11. The smallest absolute Gasteiger partial charge is 0.161 e. The maximum absolute atomic E-state index is 6.38. The summed E-state index contributed by atoms with van der Waals surface area (Å²) in [6.45, 7) is 1.80. The van der Waals surface area contributed by atoms with Gasteiger partial charge in [0.1, 0.15) is 0 Å². The van der Waals surface area contributed by atoms with Gasteiger partial charge in [-0.2, -0.15) is 5.10 Å². The third kappa shape index (κ3) is 3.48. The maximum atomic E-state index is 6.38. The van der Waals surface area contributed by atoms with Crippen LogP contribution in [0.3, 0.4) is 0 Å². The molecule has 2 rings (SSSR count). The van der Waals surface area contributed by atoms with E-state index in [0.29, 0.717) is 0 Å². The van der Waals surface area contributed by atoms with Crippen molar-refractivity contribution in [2.45, 2.75) is 38.3 Å². The number of rotatable bonds is 7. The molecule has 0 bridgehead atoms. The number of hydrogen-bond donors (Lipinski definition) is 1. The van der Waals surface area contributed by atoms with Crippen LogP contribution in [0.25, 0.3) is 0 Å². The molecule has 1 heterocycles. The van der Waals surface area contributed by atoms with Crippen LogP contribution in [0, 0.1) is 5.92 Å². The van der Waals surface area contributed by atoms with E-state index < -0.39 is 0 Å². The average Bonchev–Trinajstić information content (AvgIpc) is 2.73. The van der Waals surface area contributed by atoms with E-state index in [1.807, 2.05) is 4.68 Å². The van der Waals surface area contributed by atoms with Gasteiger partial charge in [-0.25, -0.2) is 0 Å². The van der Waals surface area contributed by atoms with Crippen molar-refractivity contribution in [2.24, 2.45) is 11.7 Å². The van der Waals surface area contributed by atoms with Crippen molar-refractivity contribution in [1.82, 2.24) is 14.7 Å². The minimum atomic E-state index is 0.0323. The molecule has 19 heavy (non-hydrogen) atoms. The molecule has 1 aromatic heterocycles. The molecule has 1 fully saturated rings. The van der Waals surface area contributed by atoms with Gasteiger partial charge in [-0.15, -0.1) is 0 Å². The van der Waals surface area contributed by atoms with Crippen LogP contribution in [0.2, 0.25) is 0 Å². The van der Waals surface area contributed by atoms with Crippen molar-refractivity contribution in [1.29, 1.82) is 0 Å². The zero-order valence-corrected chi connectivity index (χ0v) is 12.3. The largest absolute Gasteiger partial charge is 0.493 e. The second-order valence-electron chi connectivity index (χ2n) is 5.76. The Morgan fingerprint density at radius 2 is 2.26 bits per heavy atom. The van der Waals surface area contributed by atoms with Crippen molar-refractivity contribution in [3.05, 3.63) is 11.9 Å². The summed E-state index contributed by atoms with van der Waals surface area (Å²) in [6.07, 6.45) is 6.83. The van der Waals surface area contributed by atoms with Crippen LogP contribution in [0.15, 0.2) is 6.20 Å². The lowest BCUT2D eigenvalue weighted by Crippen LogP contribution is -2.25. The molecule has 2 N–H and O–H groups in total. The van der Waals surface area contributed by atoms with Gasteiger partial charge in [0, 0.05) is 6.54 Å². The Bertz CT molecular complexity index is 398. The predicted molar refractivity (Wildman–Crippen MR) is 76.2 cm³/mol. The molecule has 0 aromatic carbocycles. The highest BCUT2D eigenvalue weighted by atomic mass is 16.5. The normalized spacial score (nSPS) is 17.5. The number of nitrogens with zero attached hydrogens (tertiary/aromatic N) is 3. The maximum Gasteiger partial charge on any atom is 0.161 e. The minimum Gasteiger partial charge on any atom is -0.493 e. The van der Waals surface area contributed by atoms with Crippen LogP contribution in [0.5, 0.6) is 5.75 Å². The van der Waals surface area contributed by atoms with Crippen molar-refractivity contribution in [3.8, 4) is 5.75 Å². The predicted octanol–water partition coefficient (Wildman–Crippen LogP) is 1.64. The van der Waals surface area contributed by atoms with Crippen molar-refractivity contribution < 1.29 is 4.74 Å². The second kappa shape index (κ2) is 6.39. The SMILES string of the molecule is COc1cnn(CCN(C)C)c1C(N)CC1CCC1. The van der Waals surface area contributed by atoms with Gasteiger partial charge in [-0.3, -0.25) is 4.68 Å². The lowest BCUT2D eigenvalue weighted by molar-refractivity contribution is 0.269. The zero-order chi connectivity index (χ0) is 13.8. The summed E-state index contributed by atoms with van der Waals surface area (Å²) >= 11 is 0. The van der Waals surface area contributed by atoms with E-state index in [2.05, 4.69) is 24.1 Å². The zero-order valence-electron chi connectivity index (χ0n) is 12.3. The lowest BCUT2D eigenvalue weighted by Gasteiger charge is -2.28. The fourth-order valence-corrected chi connectivity index (χ4v) is 2.58. The van der Waals surface area contributed by atoms with E-state index >= 15 is 0 Å². The van der Waals surface area contributed by atoms with Crippen molar-refractivity contribution in [3.63, 3.8) is 0 Å². The molecule has 1 aromatic rings. The van der Waals surface area contributed by atoms with Gasteiger partial charge >= 0.3 is 0 Å². The van der Waals surface area contributed by atoms with Crippen molar-refractivity contribution >= 4 is 0 Å². The Morgan fingerprint density at radius 1 is 1.53 bits per heavy atom. The van der Waals surface area contributed by atoms with E-state index in [1.165, 1.54) is 19.3 Å². The van der Waals surface area contributed by atoms with Crippen LogP contribution in [0.4, 0.5) is 0 Å². The molecule has 1 aliphatic carbocycles.